The number of fused-ring (bicyclic) bond motifs is 4. The fourth-order valence-corrected chi connectivity index (χ4v) is 7.67. The van der Waals surface area contributed by atoms with Crippen molar-refractivity contribution in [1.82, 2.24) is 9.97 Å². The highest BCUT2D eigenvalue weighted by Crippen LogP contribution is 2.38. The van der Waals surface area contributed by atoms with Gasteiger partial charge in [-0.1, -0.05) is 133 Å². The van der Waals surface area contributed by atoms with Gasteiger partial charge in [-0.15, -0.1) is 0 Å². The maximum absolute atomic E-state index is 14.0. The lowest BCUT2D eigenvalue weighted by Crippen LogP contribution is -2.10. The number of aromatic nitrogens is 2. The summed E-state index contributed by atoms with van der Waals surface area (Å²) in [6, 6.07) is 49.2. The molecule has 0 saturated heterocycles. The Kier molecular flexibility index (Phi) is 7.52. The molecule has 0 aliphatic carbocycles. The largest absolute Gasteiger partial charge is 0.287 e. The van der Waals surface area contributed by atoms with Crippen LogP contribution in [0.25, 0.3) is 65.3 Å². The van der Waals surface area contributed by atoms with Crippen LogP contribution in [0.2, 0.25) is 0 Å². The van der Waals surface area contributed by atoms with Crippen LogP contribution >= 0.6 is 0 Å². The number of aryl methyl sites for hydroxylation is 2. The van der Waals surface area contributed by atoms with Gasteiger partial charge in [-0.2, -0.15) is 0 Å². The molecule has 0 N–H and O–H groups in total. The molecular formula is C48H32N2O2. The van der Waals surface area contributed by atoms with Gasteiger partial charge in [-0.25, -0.2) is 9.97 Å². The van der Waals surface area contributed by atoms with E-state index in [9.17, 15) is 9.59 Å². The first-order valence-corrected chi connectivity index (χ1v) is 17.4. The lowest BCUT2D eigenvalue weighted by Gasteiger charge is -2.14. The molecule has 4 nitrogen and oxygen atoms in total. The fourth-order valence-electron chi connectivity index (χ4n) is 7.67. The predicted octanol–water partition coefficient (Wildman–Crippen LogP) is 11.5. The molecule has 0 spiro atoms. The van der Waals surface area contributed by atoms with Gasteiger partial charge in [0.15, 0.2) is 0 Å². The molecule has 1 heterocycles. The first-order valence-electron chi connectivity index (χ1n) is 17.4. The van der Waals surface area contributed by atoms with Crippen LogP contribution in [0.5, 0.6) is 0 Å². The van der Waals surface area contributed by atoms with Gasteiger partial charge in [-0.3, -0.25) is 9.59 Å². The molecule has 0 aliphatic rings. The molecular weight excluding hydrogens is 637 g/mol. The Bertz CT molecular complexity index is 2710. The third-order valence-electron chi connectivity index (χ3n) is 10.3. The van der Waals surface area contributed by atoms with Crippen molar-refractivity contribution in [2.75, 3.05) is 0 Å². The molecule has 0 fully saturated rings. The second kappa shape index (κ2) is 12.5. The minimum atomic E-state index is -0.247. The van der Waals surface area contributed by atoms with Crippen LogP contribution in [0.1, 0.15) is 43.2 Å². The first kappa shape index (κ1) is 31.2. The van der Waals surface area contributed by atoms with E-state index in [0.29, 0.717) is 11.1 Å². The Hall–Kier alpha value is -6.78. The molecule has 0 saturated carbocycles. The summed E-state index contributed by atoms with van der Waals surface area (Å²) in [7, 11) is 0. The number of hydrogen-bond acceptors (Lipinski definition) is 4. The smallest absolute Gasteiger partial charge is 0.213 e. The third kappa shape index (κ3) is 5.07. The minimum absolute atomic E-state index is 0.182. The molecule has 8 aromatic carbocycles. The third-order valence-corrected chi connectivity index (χ3v) is 10.3. The number of benzene rings is 8. The predicted molar refractivity (Wildman–Crippen MR) is 212 cm³/mol. The molecule has 1 aromatic heterocycles. The maximum atomic E-state index is 14.0. The van der Waals surface area contributed by atoms with Crippen molar-refractivity contribution in [3.8, 4) is 22.3 Å². The van der Waals surface area contributed by atoms with Gasteiger partial charge in [0.1, 0.15) is 11.4 Å². The van der Waals surface area contributed by atoms with Crippen molar-refractivity contribution >= 4 is 54.7 Å². The Balaban J connectivity index is 1.06. The summed E-state index contributed by atoms with van der Waals surface area (Å²) in [5.74, 6) is -0.494. The molecule has 246 valence electrons. The standard InChI is InChI=1S/C48H32N2O2/c1-29-19-21-39(33-13-5-3-11-31(29)33)41-23-25-43(37-17-9-7-15-35(37)41)47(51)45-27-50-46(28-49-45)48(52)44-26-24-42(36-16-8-10-18-38(36)44)40-22-20-30(2)32-12-4-6-14-34(32)40/h3-28H,1-2H3. The van der Waals surface area contributed by atoms with Crippen LogP contribution in [0.15, 0.2) is 158 Å². The average molecular weight is 669 g/mol. The Morgan fingerprint density at radius 2 is 0.635 bits per heavy atom. The molecule has 52 heavy (non-hydrogen) atoms. The van der Waals surface area contributed by atoms with E-state index < -0.39 is 0 Å². The van der Waals surface area contributed by atoms with Gasteiger partial charge in [0.05, 0.1) is 12.4 Å². The van der Waals surface area contributed by atoms with Crippen molar-refractivity contribution in [3.63, 3.8) is 0 Å². The molecule has 4 heteroatoms. The zero-order valence-corrected chi connectivity index (χ0v) is 28.7. The van der Waals surface area contributed by atoms with Crippen LogP contribution < -0.4 is 0 Å². The zero-order valence-electron chi connectivity index (χ0n) is 28.7. The van der Waals surface area contributed by atoms with Crippen molar-refractivity contribution in [1.29, 1.82) is 0 Å². The van der Waals surface area contributed by atoms with Crippen LogP contribution in [-0.4, -0.2) is 21.5 Å². The SMILES string of the molecule is Cc1ccc(-c2ccc(C(=O)c3cnc(C(=O)c4ccc(-c5ccc(C)c6ccccc56)c5ccccc45)cn3)c3ccccc23)c2ccccc12. The second-order valence-electron chi connectivity index (χ2n) is 13.3. The number of rotatable bonds is 6. The van der Waals surface area contributed by atoms with E-state index in [1.54, 1.807) is 0 Å². The van der Waals surface area contributed by atoms with Crippen LogP contribution in [-0.2, 0) is 0 Å². The van der Waals surface area contributed by atoms with E-state index in [-0.39, 0.29) is 23.0 Å². The van der Waals surface area contributed by atoms with Gasteiger partial charge in [-0.05, 0) is 102 Å². The summed E-state index contributed by atoms with van der Waals surface area (Å²) in [5.41, 5.74) is 8.23. The molecule has 0 radical (unpaired) electrons. The summed E-state index contributed by atoms with van der Waals surface area (Å²) < 4.78 is 0. The maximum Gasteiger partial charge on any atom is 0.213 e. The summed E-state index contributed by atoms with van der Waals surface area (Å²) in [6.45, 7) is 4.25. The van der Waals surface area contributed by atoms with Gasteiger partial charge in [0, 0.05) is 11.1 Å². The summed E-state index contributed by atoms with van der Waals surface area (Å²) in [5, 5.41) is 8.39. The Morgan fingerprint density at radius 3 is 0.981 bits per heavy atom. The van der Waals surface area contributed by atoms with Crippen molar-refractivity contribution in [3.05, 3.63) is 192 Å². The van der Waals surface area contributed by atoms with Crippen molar-refractivity contribution in [2.45, 2.75) is 13.8 Å². The van der Waals surface area contributed by atoms with Crippen molar-refractivity contribution < 1.29 is 9.59 Å². The number of carbonyl (C=O) groups is 2. The second-order valence-corrected chi connectivity index (χ2v) is 13.3. The van der Waals surface area contributed by atoms with Gasteiger partial charge < -0.3 is 0 Å². The molecule has 0 amide bonds. The van der Waals surface area contributed by atoms with E-state index in [0.717, 1.165) is 43.8 Å². The van der Waals surface area contributed by atoms with E-state index in [4.69, 9.17) is 0 Å². The summed E-state index contributed by atoms with van der Waals surface area (Å²) in [6.07, 6.45) is 2.83. The molecule has 0 bridgehead atoms. The zero-order chi connectivity index (χ0) is 35.3. The highest BCUT2D eigenvalue weighted by Gasteiger charge is 2.21. The topological polar surface area (TPSA) is 59.9 Å². The molecule has 9 rings (SSSR count). The molecule has 0 atom stereocenters. The minimum Gasteiger partial charge on any atom is -0.287 e. The Morgan fingerprint density at radius 1 is 0.346 bits per heavy atom. The summed E-state index contributed by atoms with van der Waals surface area (Å²) >= 11 is 0. The lowest BCUT2D eigenvalue weighted by atomic mass is 9.89. The quantitative estimate of drug-likeness (QED) is 0.165. The number of carbonyl (C=O) groups excluding carboxylic acids is 2. The van der Waals surface area contributed by atoms with E-state index in [2.05, 4.69) is 109 Å². The van der Waals surface area contributed by atoms with Crippen LogP contribution in [0.4, 0.5) is 0 Å². The van der Waals surface area contributed by atoms with Crippen LogP contribution in [0, 0.1) is 13.8 Å². The van der Waals surface area contributed by atoms with Gasteiger partial charge in [0.25, 0.3) is 0 Å². The highest BCUT2D eigenvalue weighted by atomic mass is 16.1. The number of ketones is 2. The number of hydrogen-bond donors (Lipinski definition) is 0. The molecule has 9 aromatic rings. The molecule has 0 unspecified atom stereocenters. The van der Waals surface area contributed by atoms with Gasteiger partial charge >= 0.3 is 0 Å². The van der Waals surface area contributed by atoms with E-state index in [1.807, 2.05) is 60.7 Å². The van der Waals surface area contributed by atoms with E-state index >= 15 is 0 Å². The highest BCUT2D eigenvalue weighted by molar-refractivity contribution is 6.20. The molecule has 0 aliphatic heterocycles. The monoisotopic (exact) mass is 668 g/mol. The summed E-state index contributed by atoms with van der Waals surface area (Å²) in [4.78, 5) is 37.0. The first-order chi connectivity index (χ1) is 25.5. The van der Waals surface area contributed by atoms with E-state index in [1.165, 1.54) is 45.1 Å². The van der Waals surface area contributed by atoms with Gasteiger partial charge in [0.2, 0.25) is 11.6 Å². The average Bonchev–Trinajstić information content (AvgIpc) is 3.20. The Labute approximate surface area is 301 Å². The lowest BCUT2D eigenvalue weighted by molar-refractivity contribution is 0.102. The van der Waals surface area contributed by atoms with Crippen LogP contribution in [0.3, 0.4) is 0 Å². The normalized spacial score (nSPS) is 11.4. The number of nitrogens with zero attached hydrogens (tertiary/aromatic N) is 2. The fraction of sp³-hybridized carbons (Fsp3) is 0.0417. The van der Waals surface area contributed by atoms with Crippen molar-refractivity contribution in [2.24, 2.45) is 0 Å².